The molecule has 0 aromatic carbocycles. The topological polar surface area (TPSA) is 0 Å². The van der Waals surface area contributed by atoms with E-state index < -0.39 is 0 Å². The average Bonchev–Trinajstić information content (AvgIpc) is 2.43. The molecule has 0 saturated carbocycles. The molecule has 0 saturated heterocycles. The van der Waals surface area contributed by atoms with Crippen LogP contribution in [-0.2, 0) is 0 Å². The minimum absolute atomic E-state index is 0.445. The first-order chi connectivity index (χ1) is 9.58. The fourth-order valence-corrected chi connectivity index (χ4v) is 3.09. The van der Waals surface area contributed by atoms with Crippen LogP contribution in [0.2, 0.25) is 0 Å². The van der Waals surface area contributed by atoms with Gasteiger partial charge in [0.1, 0.15) is 0 Å². The van der Waals surface area contributed by atoms with Crippen LogP contribution in [0.3, 0.4) is 0 Å². The van der Waals surface area contributed by atoms with Crippen LogP contribution in [0.5, 0.6) is 0 Å². The van der Waals surface area contributed by atoms with E-state index in [4.69, 9.17) is 0 Å². The molecule has 1 unspecified atom stereocenters. The summed E-state index contributed by atoms with van der Waals surface area (Å²) in [4.78, 5) is 0. The summed E-state index contributed by atoms with van der Waals surface area (Å²) in [6.45, 7) is 14.9. The smallest absolute Gasteiger partial charge is 0.0323 e. The van der Waals surface area contributed by atoms with Gasteiger partial charge in [-0.2, -0.15) is 0 Å². The second-order valence-corrected chi connectivity index (χ2v) is 6.94. The van der Waals surface area contributed by atoms with Crippen molar-refractivity contribution in [1.29, 1.82) is 0 Å². The molecule has 0 aliphatic carbocycles. The van der Waals surface area contributed by atoms with Crippen molar-refractivity contribution >= 4 is 0 Å². The van der Waals surface area contributed by atoms with E-state index in [9.17, 15) is 0 Å². The Morgan fingerprint density at radius 2 is 1.45 bits per heavy atom. The van der Waals surface area contributed by atoms with Crippen molar-refractivity contribution in [2.75, 3.05) is 0 Å². The van der Waals surface area contributed by atoms with Gasteiger partial charge < -0.3 is 0 Å². The zero-order valence-corrected chi connectivity index (χ0v) is 14.4. The SMILES string of the molecule is C=CCCC(CCCCCCCC)C(C)(C)CCC=C. The fourth-order valence-electron chi connectivity index (χ4n) is 3.09. The highest BCUT2D eigenvalue weighted by Gasteiger charge is 2.27. The standard InChI is InChI=1S/C20H38/c1-6-9-12-13-14-15-17-19(16-10-7-2)20(4,5)18-11-8-3/h7-8,19H,2-3,6,9-18H2,1,4-5H3. The Morgan fingerprint density at radius 1 is 0.850 bits per heavy atom. The Kier molecular flexibility index (Phi) is 11.9. The highest BCUT2D eigenvalue weighted by atomic mass is 14.3. The third kappa shape index (κ3) is 9.39. The Hall–Kier alpha value is -0.520. The first-order valence-corrected chi connectivity index (χ1v) is 8.80. The summed E-state index contributed by atoms with van der Waals surface area (Å²) < 4.78 is 0. The van der Waals surface area contributed by atoms with E-state index in [-0.39, 0.29) is 0 Å². The second-order valence-electron chi connectivity index (χ2n) is 6.94. The predicted octanol–water partition coefficient (Wildman–Crippen LogP) is 7.31. The molecule has 0 aliphatic rings. The van der Waals surface area contributed by atoms with Gasteiger partial charge >= 0.3 is 0 Å². The third-order valence-electron chi connectivity index (χ3n) is 4.72. The fraction of sp³-hybridized carbons (Fsp3) is 0.800. The van der Waals surface area contributed by atoms with Crippen LogP contribution < -0.4 is 0 Å². The largest absolute Gasteiger partial charge is 0.103 e. The summed E-state index contributed by atoms with van der Waals surface area (Å²) >= 11 is 0. The van der Waals surface area contributed by atoms with Crippen molar-refractivity contribution in [1.82, 2.24) is 0 Å². The molecule has 1 atom stereocenters. The lowest BCUT2D eigenvalue weighted by atomic mass is 9.71. The molecule has 0 nitrogen and oxygen atoms in total. The minimum atomic E-state index is 0.445. The average molecular weight is 279 g/mol. The van der Waals surface area contributed by atoms with Gasteiger partial charge in [0.15, 0.2) is 0 Å². The Bertz CT molecular complexity index is 236. The van der Waals surface area contributed by atoms with Crippen molar-refractivity contribution < 1.29 is 0 Å². The molecule has 0 rings (SSSR count). The maximum absolute atomic E-state index is 3.89. The number of hydrogen-bond donors (Lipinski definition) is 0. The van der Waals surface area contributed by atoms with Gasteiger partial charge in [-0.15, -0.1) is 13.2 Å². The van der Waals surface area contributed by atoms with Gasteiger partial charge in [0.2, 0.25) is 0 Å². The monoisotopic (exact) mass is 278 g/mol. The molecule has 20 heavy (non-hydrogen) atoms. The van der Waals surface area contributed by atoms with Crippen molar-refractivity contribution in [2.45, 2.75) is 91.4 Å². The van der Waals surface area contributed by atoms with Crippen LogP contribution in [-0.4, -0.2) is 0 Å². The molecule has 0 radical (unpaired) electrons. The second kappa shape index (κ2) is 12.2. The van der Waals surface area contributed by atoms with E-state index in [0.29, 0.717) is 5.41 Å². The third-order valence-corrected chi connectivity index (χ3v) is 4.72. The molecule has 0 heterocycles. The van der Waals surface area contributed by atoms with Gasteiger partial charge in [0, 0.05) is 0 Å². The summed E-state index contributed by atoms with van der Waals surface area (Å²) in [5.41, 5.74) is 0.445. The van der Waals surface area contributed by atoms with E-state index in [0.717, 1.165) is 18.8 Å². The maximum Gasteiger partial charge on any atom is -0.0323 e. The van der Waals surface area contributed by atoms with E-state index in [1.54, 1.807) is 0 Å². The van der Waals surface area contributed by atoms with Gasteiger partial charge in [-0.3, -0.25) is 0 Å². The molecule has 0 amide bonds. The number of allylic oxidation sites excluding steroid dienone is 2. The first-order valence-electron chi connectivity index (χ1n) is 8.80. The van der Waals surface area contributed by atoms with E-state index in [1.165, 1.54) is 57.8 Å². The van der Waals surface area contributed by atoms with Gasteiger partial charge in [-0.1, -0.05) is 71.4 Å². The molecule has 118 valence electrons. The summed E-state index contributed by atoms with van der Waals surface area (Å²) in [5, 5.41) is 0. The molecule has 0 aliphatic heterocycles. The van der Waals surface area contributed by atoms with Crippen LogP contribution >= 0.6 is 0 Å². The Balaban J connectivity index is 4.12. The van der Waals surface area contributed by atoms with E-state index in [2.05, 4.69) is 46.1 Å². The van der Waals surface area contributed by atoms with Crippen LogP contribution in [0.4, 0.5) is 0 Å². The van der Waals surface area contributed by atoms with Gasteiger partial charge in [0.05, 0.1) is 0 Å². The summed E-state index contributed by atoms with van der Waals surface area (Å²) in [7, 11) is 0. The number of unbranched alkanes of at least 4 members (excludes halogenated alkanes) is 5. The molecule has 0 aromatic rings. The van der Waals surface area contributed by atoms with Gasteiger partial charge in [0.25, 0.3) is 0 Å². The highest BCUT2D eigenvalue weighted by Crippen LogP contribution is 2.38. The molecule has 0 spiro atoms. The van der Waals surface area contributed by atoms with E-state index >= 15 is 0 Å². The molecule has 0 N–H and O–H groups in total. The quantitative estimate of drug-likeness (QED) is 0.231. The van der Waals surface area contributed by atoms with Crippen LogP contribution in [0.15, 0.2) is 25.3 Å². The molecule has 0 aromatic heterocycles. The van der Waals surface area contributed by atoms with Crippen LogP contribution in [0, 0.1) is 11.3 Å². The lowest BCUT2D eigenvalue weighted by Crippen LogP contribution is -2.24. The Morgan fingerprint density at radius 3 is 2.05 bits per heavy atom. The van der Waals surface area contributed by atoms with E-state index in [1.807, 2.05) is 0 Å². The first kappa shape index (κ1) is 19.5. The van der Waals surface area contributed by atoms with Gasteiger partial charge in [-0.25, -0.2) is 0 Å². The molecular formula is C20H38. The normalized spacial score (nSPS) is 13.2. The molecule has 0 fully saturated rings. The predicted molar refractivity (Wildman–Crippen MR) is 94.1 cm³/mol. The van der Waals surface area contributed by atoms with Crippen LogP contribution in [0.1, 0.15) is 91.4 Å². The van der Waals surface area contributed by atoms with Crippen LogP contribution in [0.25, 0.3) is 0 Å². The molecular weight excluding hydrogens is 240 g/mol. The zero-order chi connectivity index (χ0) is 15.3. The van der Waals surface area contributed by atoms with Crippen molar-refractivity contribution in [3.8, 4) is 0 Å². The highest BCUT2D eigenvalue weighted by molar-refractivity contribution is 4.83. The summed E-state index contributed by atoms with van der Waals surface area (Å²) in [5.74, 6) is 0.839. The van der Waals surface area contributed by atoms with Gasteiger partial charge in [-0.05, 0) is 43.4 Å². The maximum atomic E-state index is 3.89. The minimum Gasteiger partial charge on any atom is -0.103 e. The molecule has 0 bridgehead atoms. The summed E-state index contributed by atoms with van der Waals surface area (Å²) in [6, 6.07) is 0. The lowest BCUT2D eigenvalue weighted by Gasteiger charge is -2.34. The van der Waals surface area contributed by atoms with Crippen molar-refractivity contribution in [3.05, 3.63) is 25.3 Å². The molecule has 0 heteroatoms. The van der Waals surface area contributed by atoms with Crippen molar-refractivity contribution in [2.24, 2.45) is 11.3 Å². The Labute approximate surface area is 128 Å². The summed E-state index contributed by atoms with van der Waals surface area (Å²) in [6.07, 6.45) is 18.9. The zero-order valence-electron chi connectivity index (χ0n) is 14.4. The van der Waals surface area contributed by atoms with Crippen molar-refractivity contribution in [3.63, 3.8) is 0 Å². The number of hydrogen-bond acceptors (Lipinski definition) is 0. The number of rotatable bonds is 14. The lowest BCUT2D eigenvalue weighted by molar-refractivity contribution is 0.170.